The van der Waals surface area contributed by atoms with Crippen LogP contribution in [-0.2, 0) is 4.79 Å². The number of allylic oxidation sites excluding steroid dienone is 2. The number of aliphatic hydroxyl groups excluding tert-OH is 1. The highest BCUT2D eigenvalue weighted by Crippen LogP contribution is 2.12. The van der Waals surface area contributed by atoms with E-state index in [2.05, 4.69) is 12.2 Å². The average molecular weight is 341 g/mol. The molecule has 0 saturated carbocycles. The summed E-state index contributed by atoms with van der Waals surface area (Å²) in [5.74, 6) is -0.665. The molecule has 0 aliphatic carbocycles. The molecular formula is C21H40O3. The maximum Gasteiger partial charge on any atom is 0.303 e. The molecule has 0 spiro atoms. The van der Waals surface area contributed by atoms with Gasteiger partial charge in [0.15, 0.2) is 0 Å². The zero-order chi connectivity index (χ0) is 17.7. The smallest absolute Gasteiger partial charge is 0.303 e. The molecule has 0 radical (unpaired) electrons. The Kier molecular flexibility index (Phi) is 19.5. The maximum atomic E-state index is 10.4. The van der Waals surface area contributed by atoms with Gasteiger partial charge in [-0.1, -0.05) is 76.4 Å². The lowest BCUT2D eigenvalue weighted by Crippen LogP contribution is -1.93. The van der Waals surface area contributed by atoms with Gasteiger partial charge in [0.05, 0.1) is 0 Å². The van der Waals surface area contributed by atoms with Crippen LogP contribution in [0, 0.1) is 0 Å². The van der Waals surface area contributed by atoms with Crippen LogP contribution in [0.5, 0.6) is 0 Å². The van der Waals surface area contributed by atoms with Gasteiger partial charge >= 0.3 is 5.97 Å². The van der Waals surface area contributed by atoms with E-state index in [0.29, 0.717) is 13.0 Å². The van der Waals surface area contributed by atoms with Gasteiger partial charge in [-0.2, -0.15) is 0 Å². The Morgan fingerprint density at radius 1 is 0.583 bits per heavy atom. The molecule has 3 nitrogen and oxygen atoms in total. The second kappa shape index (κ2) is 20.2. The second-order valence-corrected chi connectivity index (χ2v) is 6.87. The van der Waals surface area contributed by atoms with Gasteiger partial charge in [-0.3, -0.25) is 4.79 Å². The van der Waals surface area contributed by atoms with Crippen LogP contribution in [0.3, 0.4) is 0 Å². The van der Waals surface area contributed by atoms with Crippen LogP contribution >= 0.6 is 0 Å². The molecule has 0 aromatic heterocycles. The molecule has 0 aliphatic rings. The van der Waals surface area contributed by atoms with E-state index < -0.39 is 5.97 Å². The predicted octanol–water partition coefficient (Wildman–Crippen LogP) is 6.25. The van der Waals surface area contributed by atoms with Gasteiger partial charge in [0, 0.05) is 13.0 Å². The van der Waals surface area contributed by atoms with E-state index in [9.17, 15) is 4.79 Å². The van der Waals surface area contributed by atoms with Crippen LogP contribution in [0.2, 0.25) is 0 Å². The molecule has 0 heterocycles. The first-order valence-electron chi connectivity index (χ1n) is 10.2. The average Bonchev–Trinajstić information content (AvgIpc) is 2.56. The van der Waals surface area contributed by atoms with Crippen molar-refractivity contribution in [2.24, 2.45) is 0 Å². The van der Waals surface area contributed by atoms with Crippen molar-refractivity contribution in [2.45, 2.75) is 109 Å². The van der Waals surface area contributed by atoms with Crippen molar-refractivity contribution in [3.05, 3.63) is 12.2 Å². The first-order valence-corrected chi connectivity index (χ1v) is 10.2. The van der Waals surface area contributed by atoms with E-state index in [-0.39, 0.29) is 0 Å². The third-order valence-corrected chi connectivity index (χ3v) is 4.46. The summed E-state index contributed by atoms with van der Waals surface area (Å²) < 4.78 is 0. The van der Waals surface area contributed by atoms with Crippen LogP contribution in [0.25, 0.3) is 0 Å². The number of carboxylic acid groups (broad SMARTS) is 1. The Hall–Kier alpha value is -0.830. The van der Waals surface area contributed by atoms with Gasteiger partial charge < -0.3 is 10.2 Å². The molecule has 0 amide bonds. The minimum atomic E-state index is -0.665. The molecule has 0 aliphatic heterocycles. The molecule has 0 atom stereocenters. The Labute approximate surface area is 149 Å². The lowest BCUT2D eigenvalue weighted by molar-refractivity contribution is -0.137. The van der Waals surface area contributed by atoms with Crippen molar-refractivity contribution in [3.63, 3.8) is 0 Å². The van der Waals surface area contributed by atoms with E-state index >= 15 is 0 Å². The monoisotopic (exact) mass is 340 g/mol. The number of carboxylic acids is 1. The highest BCUT2D eigenvalue weighted by atomic mass is 16.4. The van der Waals surface area contributed by atoms with Crippen LogP contribution in [-0.4, -0.2) is 22.8 Å². The van der Waals surface area contributed by atoms with Crippen LogP contribution in [0.4, 0.5) is 0 Å². The van der Waals surface area contributed by atoms with Gasteiger partial charge in [0.25, 0.3) is 0 Å². The number of aliphatic carboxylic acids is 1. The van der Waals surface area contributed by atoms with Crippen molar-refractivity contribution in [2.75, 3.05) is 6.61 Å². The zero-order valence-corrected chi connectivity index (χ0v) is 15.7. The molecule has 0 saturated heterocycles. The third-order valence-electron chi connectivity index (χ3n) is 4.46. The summed E-state index contributed by atoms with van der Waals surface area (Å²) in [5, 5.41) is 17.2. The molecule has 0 unspecified atom stereocenters. The molecule has 3 heteroatoms. The Morgan fingerprint density at radius 2 is 0.958 bits per heavy atom. The molecule has 24 heavy (non-hydrogen) atoms. The first kappa shape index (κ1) is 23.2. The standard InChI is InChI=1S/C21H40O3/c22-20-18-16-14-12-10-8-6-4-2-1-3-5-7-9-11-13-15-17-19-21(23)24/h4,6,22H,1-3,5,7-20H2,(H,23,24)/b6-4-. The van der Waals surface area contributed by atoms with Gasteiger partial charge in [-0.25, -0.2) is 0 Å². The summed E-state index contributed by atoms with van der Waals surface area (Å²) in [5.41, 5.74) is 0. The van der Waals surface area contributed by atoms with Crippen LogP contribution in [0.15, 0.2) is 12.2 Å². The quantitative estimate of drug-likeness (QED) is 0.216. The summed E-state index contributed by atoms with van der Waals surface area (Å²) in [4.78, 5) is 10.4. The van der Waals surface area contributed by atoms with Crippen molar-refractivity contribution < 1.29 is 15.0 Å². The Morgan fingerprint density at radius 3 is 1.38 bits per heavy atom. The summed E-state index contributed by atoms with van der Waals surface area (Å²) >= 11 is 0. The number of hydrogen-bond donors (Lipinski definition) is 2. The number of unbranched alkanes of at least 4 members (excludes halogenated alkanes) is 14. The molecule has 2 N–H and O–H groups in total. The normalized spacial score (nSPS) is 11.4. The van der Waals surface area contributed by atoms with E-state index in [1.54, 1.807) is 0 Å². The summed E-state index contributed by atoms with van der Waals surface area (Å²) in [6.07, 6.45) is 24.4. The fraction of sp³-hybridized carbons (Fsp3) is 0.857. The fourth-order valence-electron chi connectivity index (χ4n) is 2.92. The summed E-state index contributed by atoms with van der Waals surface area (Å²) in [6, 6.07) is 0. The van der Waals surface area contributed by atoms with E-state index in [1.807, 2.05) is 0 Å². The number of hydrogen-bond acceptors (Lipinski definition) is 2. The van der Waals surface area contributed by atoms with Crippen molar-refractivity contribution in [1.82, 2.24) is 0 Å². The van der Waals surface area contributed by atoms with Gasteiger partial charge in [0.2, 0.25) is 0 Å². The molecule has 0 rings (SSSR count). The molecule has 0 fully saturated rings. The van der Waals surface area contributed by atoms with Crippen molar-refractivity contribution in [3.8, 4) is 0 Å². The van der Waals surface area contributed by atoms with Crippen LogP contribution in [0.1, 0.15) is 109 Å². The van der Waals surface area contributed by atoms with Gasteiger partial charge in [-0.05, 0) is 38.5 Å². The minimum absolute atomic E-state index is 0.331. The number of rotatable bonds is 19. The number of aliphatic hydroxyl groups is 1. The topological polar surface area (TPSA) is 57.5 Å². The Balaban J connectivity index is 3.06. The third kappa shape index (κ3) is 21.2. The second-order valence-electron chi connectivity index (χ2n) is 6.87. The highest BCUT2D eigenvalue weighted by Gasteiger charge is 1.96. The first-order chi connectivity index (χ1) is 11.8. The fourth-order valence-corrected chi connectivity index (χ4v) is 2.92. The van der Waals surface area contributed by atoms with E-state index in [1.165, 1.54) is 83.5 Å². The zero-order valence-electron chi connectivity index (χ0n) is 15.7. The predicted molar refractivity (Wildman–Crippen MR) is 102 cm³/mol. The SMILES string of the molecule is O=C(O)CCCCCCCCCCC/C=C\CCCCCCCO. The lowest BCUT2D eigenvalue weighted by Gasteiger charge is -2.01. The highest BCUT2D eigenvalue weighted by molar-refractivity contribution is 5.66. The van der Waals surface area contributed by atoms with E-state index in [4.69, 9.17) is 10.2 Å². The largest absolute Gasteiger partial charge is 0.481 e. The van der Waals surface area contributed by atoms with Gasteiger partial charge in [0.1, 0.15) is 0 Å². The molecule has 0 aromatic rings. The van der Waals surface area contributed by atoms with Gasteiger partial charge in [-0.15, -0.1) is 0 Å². The molecule has 0 aromatic carbocycles. The summed E-state index contributed by atoms with van der Waals surface area (Å²) in [7, 11) is 0. The molecular weight excluding hydrogens is 300 g/mol. The van der Waals surface area contributed by atoms with Crippen molar-refractivity contribution in [1.29, 1.82) is 0 Å². The Bertz CT molecular complexity index is 287. The minimum Gasteiger partial charge on any atom is -0.481 e. The van der Waals surface area contributed by atoms with Crippen LogP contribution < -0.4 is 0 Å². The lowest BCUT2D eigenvalue weighted by atomic mass is 10.1. The molecule has 142 valence electrons. The maximum absolute atomic E-state index is 10.4. The summed E-state index contributed by atoms with van der Waals surface area (Å²) in [6.45, 7) is 0.340. The van der Waals surface area contributed by atoms with E-state index in [0.717, 1.165) is 19.3 Å². The molecule has 0 bridgehead atoms. The number of carbonyl (C=O) groups is 1. The van der Waals surface area contributed by atoms with Crippen molar-refractivity contribution >= 4 is 5.97 Å².